The van der Waals surface area contributed by atoms with Gasteiger partial charge in [0.2, 0.25) is 17.7 Å². The van der Waals surface area contributed by atoms with Gasteiger partial charge in [0.05, 0.1) is 6.04 Å². The van der Waals surface area contributed by atoms with Crippen molar-refractivity contribution in [3.63, 3.8) is 0 Å². The van der Waals surface area contributed by atoms with Crippen LogP contribution < -0.4 is 38.9 Å². The molecule has 1 saturated heterocycles. The predicted octanol–water partition coefficient (Wildman–Crippen LogP) is -0.868. The van der Waals surface area contributed by atoms with Gasteiger partial charge in [-0.15, -0.1) is 17.5 Å². The monoisotopic (exact) mass is 698 g/mol. The third-order valence-corrected chi connectivity index (χ3v) is 7.62. The lowest BCUT2D eigenvalue weighted by atomic mass is 10.0. The molecule has 17 heteroatoms. The minimum atomic E-state index is -1.23. The average molecular weight is 699 g/mol. The number of unbranched alkanes of at least 4 members (excludes halogenated alkanes) is 3. The molecule has 0 aliphatic carbocycles. The van der Waals surface area contributed by atoms with Gasteiger partial charge in [-0.05, 0) is 102 Å². The molecule has 1 aromatic carbocycles. The van der Waals surface area contributed by atoms with Crippen molar-refractivity contribution < 1.29 is 38.7 Å². The number of rotatable bonds is 22. The smallest absolute Gasteiger partial charge is 0.355 e. The van der Waals surface area contributed by atoms with E-state index in [0.29, 0.717) is 68.8 Å². The van der Waals surface area contributed by atoms with E-state index in [-0.39, 0.29) is 56.7 Å². The molecule has 270 valence electrons. The number of imide groups is 1. The van der Waals surface area contributed by atoms with Gasteiger partial charge in [0, 0.05) is 12.8 Å². The molecule has 12 N–H and O–H groups in total. The number of carbonyl (C=O) groups is 6. The van der Waals surface area contributed by atoms with E-state index in [4.69, 9.17) is 27.8 Å². The van der Waals surface area contributed by atoms with E-state index in [0.717, 1.165) is 0 Å². The number of benzene rings is 1. The number of amides is 5. The highest BCUT2D eigenvalue weighted by atomic mass is 35.5. The third kappa shape index (κ3) is 14.5. The zero-order chi connectivity index (χ0) is 34.8. The lowest BCUT2D eigenvalue weighted by Gasteiger charge is -2.26. The second-order valence-electron chi connectivity index (χ2n) is 11.5. The molecule has 0 bridgehead atoms. The first-order chi connectivity index (χ1) is 22.5. The van der Waals surface area contributed by atoms with E-state index in [1.165, 1.54) is 12.1 Å². The molecule has 2 rings (SSSR count). The Morgan fingerprint density at radius 3 is 1.58 bits per heavy atom. The molecule has 1 aliphatic rings. The van der Waals surface area contributed by atoms with Crippen LogP contribution in [0.3, 0.4) is 0 Å². The fourth-order valence-corrected chi connectivity index (χ4v) is 4.88. The molecule has 0 radical (unpaired) electrons. The number of hydroxylamine groups is 2. The maximum atomic E-state index is 13.6. The summed E-state index contributed by atoms with van der Waals surface area (Å²) in [6.45, 7) is 1.07. The molecule has 1 aromatic rings. The molecule has 0 spiro atoms. The summed E-state index contributed by atoms with van der Waals surface area (Å²) in [5, 5.41) is 17.9. The van der Waals surface area contributed by atoms with Crippen LogP contribution in [0.15, 0.2) is 24.3 Å². The van der Waals surface area contributed by atoms with Crippen molar-refractivity contribution in [1.29, 1.82) is 0 Å². The molecule has 0 saturated carbocycles. The first-order valence-corrected chi connectivity index (χ1v) is 16.1. The van der Waals surface area contributed by atoms with Crippen LogP contribution in [0, 0.1) is 0 Å². The molecule has 48 heavy (non-hydrogen) atoms. The van der Waals surface area contributed by atoms with Gasteiger partial charge in [-0.1, -0.05) is 12.1 Å². The number of nitrogens with two attached hydrogens (primary N) is 4. The van der Waals surface area contributed by atoms with Crippen LogP contribution in [0.5, 0.6) is 5.75 Å². The SMILES string of the molecule is Cl.NCCCC[C@H](NC(=O)[C@H](CCCCN)NC(=O)[C@@H](N)Cc1ccc(O)cc1)C(=O)N[C@@H](CCCCN)C(=O)ON1C(=O)CCC1=O. The standard InChI is InChI=1S/C31H50N8O8.ClH/c32-16-4-1-7-23(36-28(43)22(35)19-20-10-12-21(40)13-11-20)29(44)37-24(8-2-5-17-33)30(45)38-25(9-3-6-18-34)31(46)47-39-26(41)14-15-27(39)42;/h10-13,22-25,40H,1-9,14-19,32-35H2,(H,36,43)(H,37,44)(H,38,45);1H/t22-,23-,24-,25-;/m0./s1. The number of phenols is 1. The van der Waals surface area contributed by atoms with E-state index in [1.54, 1.807) is 12.1 Å². The molecule has 0 aromatic heterocycles. The van der Waals surface area contributed by atoms with Gasteiger partial charge in [-0.25, -0.2) is 4.79 Å². The normalized spacial score (nSPS) is 15.1. The molecular formula is C31H51ClN8O8. The summed E-state index contributed by atoms with van der Waals surface area (Å²) in [5.74, 6) is -4.15. The lowest BCUT2D eigenvalue weighted by Crippen LogP contribution is -2.57. The molecule has 16 nitrogen and oxygen atoms in total. The van der Waals surface area contributed by atoms with Gasteiger partial charge >= 0.3 is 5.97 Å². The van der Waals surface area contributed by atoms with Crippen molar-refractivity contribution in [2.75, 3.05) is 19.6 Å². The molecule has 0 unspecified atom stereocenters. The number of halogens is 1. The van der Waals surface area contributed by atoms with Gasteiger partial charge in [-0.2, -0.15) is 0 Å². The van der Waals surface area contributed by atoms with Crippen molar-refractivity contribution in [3.05, 3.63) is 29.8 Å². The Hall–Kier alpha value is -3.83. The van der Waals surface area contributed by atoms with Crippen molar-refractivity contribution >= 4 is 47.9 Å². The highest BCUT2D eigenvalue weighted by Gasteiger charge is 2.36. The molecule has 5 amide bonds. The average Bonchev–Trinajstić information content (AvgIpc) is 3.36. The van der Waals surface area contributed by atoms with Gasteiger partial charge in [-0.3, -0.25) is 24.0 Å². The number of nitrogens with one attached hydrogen (secondary N) is 3. The Labute approximate surface area is 286 Å². The van der Waals surface area contributed by atoms with Crippen LogP contribution in [-0.2, 0) is 40.0 Å². The summed E-state index contributed by atoms with van der Waals surface area (Å²) < 4.78 is 0. The molecule has 1 fully saturated rings. The number of hydrogen-bond acceptors (Lipinski definition) is 12. The van der Waals surface area contributed by atoms with Gasteiger partial charge in [0.1, 0.15) is 23.9 Å². The Bertz CT molecular complexity index is 1190. The molecule has 1 heterocycles. The Balaban J connectivity index is 0.0000115. The van der Waals surface area contributed by atoms with Crippen LogP contribution in [0.4, 0.5) is 0 Å². The van der Waals surface area contributed by atoms with Gasteiger partial charge in [0.25, 0.3) is 11.8 Å². The molecular weight excluding hydrogens is 648 g/mol. The Kier molecular flexibility index (Phi) is 19.9. The van der Waals surface area contributed by atoms with Crippen molar-refractivity contribution in [2.24, 2.45) is 22.9 Å². The van der Waals surface area contributed by atoms with Crippen LogP contribution >= 0.6 is 12.4 Å². The van der Waals surface area contributed by atoms with Gasteiger partial charge in [0.15, 0.2) is 0 Å². The number of carbonyl (C=O) groups excluding carboxylic acids is 6. The topological polar surface area (TPSA) is 275 Å². The van der Waals surface area contributed by atoms with Crippen LogP contribution in [0.2, 0.25) is 0 Å². The van der Waals surface area contributed by atoms with Crippen molar-refractivity contribution in [1.82, 2.24) is 21.0 Å². The van der Waals surface area contributed by atoms with E-state index >= 15 is 0 Å². The predicted molar refractivity (Wildman–Crippen MR) is 179 cm³/mol. The Morgan fingerprint density at radius 2 is 1.12 bits per heavy atom. The fraction of sp³-hybridized carbons (Fsp3) is 0.613. The van der Waals surface area contributed by atoms with E-state index in [9.17, 15) is 33.9 Å². The number of phenolic OH excluding ortho intramolecular Hbond substituents is 1. The summed E-state index contributed by atoms with van der Waals surface area (Å²) in [6.07, 6.45) is 3.59. The lowest BCUT2D eigenvalue weighted by molar-refractivity contribution is -0.199. The summed E-state index contributed by atoms with van der Waals surface area (Å²) >= 11 is 0. The van der Waals surface area contributed by atoms with E-state index in [2.05, 4.69) is 16.0 Å². The maximum absolute atomic E-state index is 13.6. The van der Waals surface area contributed by atoms with Crippen LogP contribution in [-0.4, -0.2) is 89.5 Å². The largest absolute Gasteiger partial charge is 0.508 e. The van der Waals surface area contributed by atoms with E-state index in [1.807, 2.05) is 0 Å². The fourth-order valence-electron chi connectivity index (χ4n) is 4.88. The van der Waals surface area contributed by atoms with E-state index < -0.39 is 59.7 Å². The minimum Gasteiger partial charge on any atom is -0.508 e. The zero-order valence-electron chi connectivity index (χ0n) is 27.2. The summed E-state index contributed by atoms with van der Waals surface area (Å²) in [6, 6.07) is 1.84. The first kappa shape index (κ1) is 42.2. The zero-order valence-corrected chi connectivity index (χ0v) is 28.0. The molecule has 1 aliphatic heterocycles. The van der Waals surface area contributed by atoms with Crippen molar-refractivity contribution in [2.45, 2.75) is 101 Å². The van der Waals surface area contributed by atoms with Crippen LogP contribution in [0.1, 0.15) is 76.2 Å². The second kappa shape index (κ2) is 22.7. The second-order valence-corrected chi connectivity index (χ2v) is 11.5. The maximum Gasteiger partial charge on any atom is 0.355 e. The summed E-state index contributed by atoms with van der Waals surface area (Å²) in [7, 11) is 0. The Morgan fingerprint density at radius 1 is 0.708 bits per heavy atom. The minimum absolute atomic E-state index is 0. The molecule has 4 atom stereocenters. The number of hydrogen-bond donors (Lipinski definition) is 8. The number of aromatic hydroxyl groups is 1. The number of nitrogens with zero attached hydrogens (tertiary/aromatic N) is 1. The third-order valence-electron chi connectivity index (χ3n) is 7.62. The van der Waals surface area contributed by atoms with Gasteiger partial charge < -0.3 is 48.8 Å². The first-order valence-electron chi connectivity index (χ1n) is 16.1. The van der Waals surface area contributed by atoms with Crippen LogP contribution in [0.25, 0.3) is 0 Å². The highest BCUT2D eigenvalue weighted by Crippen LogP contribution is 2.15. The highest BCUT2D eigenvalue weighted by molar-refractivity contribution is 6.02. The van der Waals surface area contributed by atoms with Crippen molar-refractivity contribution in [3.8, 4) is 5.75 Å². The summed E-state index contributed by atoms with van der Waals surface area (Å²) in [4.78, 5) is 82.2. The summed E-state index contributed by atoms with van der Waals surface area (Å²) in [5.41, 5.74) is 23.7. The quantitative estimate of drug-likeness (QED) is 0.0542.